The normalized spacial score (nSPS) is 24.2. The molecular weight excluding hydrogens is 236 g/mol. The second-order valence-electron chi connectivity index (χ2n) is 6.09. The summed E-state index contributed by atoms with van der Waals surface area (Å²) in [7, 11) is 0. The van der Waals surface area contributed by atoms with E-state index in [1.165, 1.54) is 24.9 Å². The van der Waals surface area contributed by atoms with Crippen molar-refractivity contribution in [3.63, 3.8) is 0 Å². The third kappa shape index (κ3) is 3.83. The lowest BCUT2D eigenvalue weighted by molar-refractivity contribution is 0.234. The fourth-order valence-electron chi connectivity index (χ4n) is 3.05. The molecule has 2 rings (SSSR count). The van der Waals surface area contributed by atoms with Gasteiger partial charge in [-0.05, 0) is 45.2 Å². The Hall–Kier alpha value is -0.800. The zero-order valence-corrected chi connectivity index (χ0v) is 12.8. The van der Waals surface area contributed by atoms with Gasteiger partial charge in [0, 0.05) is 24.7 Å². The minimum absolute atomic E-state index is 0.682. The molecule has 0 amide bonds. The maximum Gasteiger partial charge on any atom is 0.118 e. The summed E-state index contributed by atoms with van der Waals surface area (Å²) in [6, 6.07) is 2.91. The molecule has 108 valence electrons. The molecule has 3 nitrogen and oxygen atoms in total. The summed E-state index contributed by atoms with van der Waals surface area (Å²) in [5.74, 6) is 3.00. The highest BCUT2D eigenvalue weighted by molar-refractivity contribution is 5.20. The Labute approximate surface area is 117 Å². The van der Waals surface area contributed by atoms with Crippen LogP contribution in [0.5, 0.6) is 0 Å². The summed E-state index contributed by atoms with van der Waals surface area (Å²) in [5, 5.41) is 3.44. The predicted molar refractivity (Wildman–Crippen MR) is 79.1 cm³/mol. The number of hydrogen-bond donors (Lipinski definition) is 1. The van der Waals surface area contributed by atoms with Gasteiger partial charge >= 0.3 is 0 Å². The molecule has 1 aromatic rings. The Balaban J connectivity index is 1.92. The van der Waals surface area contributed by atoms with E-state index in [9.17, 15) is 0 Å². The van der Waals surface area contributed by atoms with E-state index in [1.54, 1.807) is 0 Å². The van der Waals surface area contributed by atoms with Gasteiger partial charge in [-0.1, -0.05) is 13.8 Å². The van der Waals surface area contributed by atoms with Crippen LogP contribution in [0.4, 0.5) is 0 Å². The van der Waals surface area contributed by atoms with E-state index in [1.807, 2.05) is 0 Å². The molecule has 1 N–H and O–H groups in total. The van der Waals surface area contributed by atoms with Crippen LogP contribution in [0.3, 0.4) is 0 Å². The van der Waals surface area contributed by atoms with E-state index < -0.39 is 0 Å². The molecule has 1 aliphatic heterocycles. The van der Waals surface area contributed by atoms with Gasteiger partial charge in [-0.2, -0.15) is 0 Å². The van der Waals surface area contributed by atoms with E-state index in [-0.39, 0.29) is 0 Å². The van der Waals surface area contributed by atoms with Crippen LogP contribution in [0.2, 0.25) is 0 Å². The second kappa shape index (κ2) is 6.58. The number of furan rings is 1. The number of likely N-dealkylation sites (tertiary alicyclic amines) is 1. The highest BCUT2D eigenvalue weighted by Gasteiger charge is 2.26. The first-order valence-electron chi connectivity index (χ1n) is 7.63. The summed E-state index contributed by atoms with van der Waals surface area (Å²) in [6.45, 7) is 13.1. The molecule has 0 spiro atoms. The van der Waals surface area contributed by atoms with Gasteiger partial charge in [0.15, 0.2) is 0 Å². The average Bonchev–Trinajstić information content (AvgIpc) is 2.84. The Morgan fingerprint density at radius 1 is 1.42 bits per heavy atom. The van der Waals surface area contributed by atoms with E-state index in [2.05, 4.69) is 44.0 Å². The predicted octanol–water partition coefficient (Wildman–Crippen LogP) is 3.32. The molecule has 1 aliphatic rings. The zero-order valence-electron chi connectivity index (χ0n) is 12.8. The Bertz CT molecular complexity index is 399. The summed E-state index contributed by atoms with van der Waals surface area (Å²) < 4.78 is 5.91. The standard InChI is InChI=1S/C16H28N2O/c1-5-6-17-9-15-8-16(19-14(15)4)11-18-10-12(2)7-13(18)3/h8,12-13,17H,5-7,9-11H2,1-4H3. The third-order valence-corrected chi connectivity index (χ3v) is 4.09. The largest absolute Gasteiger partial charge is 0.465 e. The number of hydrogen-bond acceptors (Lipinski definition) is 3. The first kappa shape index (κ1) is 14.6. The second-order valence-corrected chi connectivity index (χ2v) is 6.09. The van der Waals surface area contributed by atoms with Crippen molar-refractivity contribution in [3.8, 4) is 0 Å². The minimum Gasteiger partial charge on any atom is -0.465 e. The zero-order chi connectivity index (χ0) is 13.8. The molecule has 0 bridgehead atoms. The highest BCUT2D eigenvalue weighted by atomic mass is 16.3. The molecule has 0 aromatic carbocycles. The molecule has 3 heteroatoms. The van der Waals surface area contributed by atoms with Gasteiger partial charge in [0.05, 0.1) is 6.54 Å². The van der Waals surface area contributed by atoms with Gasteiger partial charge < -0.3 is 9.73 Å². The molecule has 2 heterocycles. The van der Waals surface area contributed by atoms with Gasteiger partial charge in [-0.25, -0.2) is 0 Å². The van der Waals surface area contributed by atoms with Crippen molar-refractivity contribution in [1.82, 2.24) is 10.2 Å². The molecular formula is C16H28N2O. The van der Waals surface area contributed by atoms with Crippen molar-refractivity contribution in [2.24, 2.45) is 5.92 Å². The van der Waals surface area contributed by atoms with Gasteiger partial charge in [-0.15, -0.1) is 0 Å². The van der Waals surface area contributed by atoms with Crippen molar-refractivity contribution >= 4 is 0 Å². The van der Waals surface area contributed by atoms with Crippen molar-refractivity contribution in [2.45, 2.75) is 59.7 Å². The average molecular weight is 264 g/mol. The maximum absolute atomic E-state index is 5.91. The number of nitrogens with one attached hydrogen (secondary N) is 1. The van der Waals surface area contributed by atoms with Crippen molar-refractivity contribution < 1.29 is 4.42 Å². The maximum atomic E-state index is 5.91. The molecule has 2 atom stereocenters. The van der Waals surface area contributed by atoms with E-state index in [0.717, 1.165) is 37.1 Å². The Morgan fingerprint density at radius 3 is 2.84 bits per heavy atom. The monoisotopic (exact) mass is 264 g/mol. The smallest absolute Gasteiger partial charge is 0.118 e. The Morgan fingerprint density at radius 2 is 2.21 bits per heavy atom. The fourth-order valence-corrected chi connectivity index (χ4v) is 3.05. The molecule has 2 unspecified atom stereocenters. The van der Waals surface area contributed by atoms with Crippen LogP contribution in [-0.4, -0.2) is 24.0 Å². The van der Waals surface area contributed by atoms with E-state index in [0.29, 0.717) is 6.04 Å². The van der Waals surface area contributed by atoms with Crippen LogP contribution in [-0.2, 0) is 13.1 Å². The van der Waals surface area contributed by atoms with Gasteiger partial charge in [0.1, 0.15) is 11.5 Å². The van der Waals surface area contributed by atoms with Crippen molar-refractivity contribution in [1.29, 1.82) is 0 Å². The van der Waals surface area contributed by atoms with Gasteiger partial charge in [0.2, 0.25) is 0 Å². The van der Waals surface area contributed by atoms with Crippen LogP contribution >= 0.6 is 0 Å². The number of nitrogens with zero attached hydrogens (tertiary/aromatic N) is 1. The van der Waals surface area contributed by atoms with Crippen LogP contribution in [0, 0.1) is 12.8 Å². The van der Waals surface area contributed by atoms with Gasteiger partial charge in [-0.3, -0.25) is 4.90 Å². The van der Waals surface area contributed by atoms with E-state index in [4.69, 9.17) is 4.42 Å². The highest BCUT2D eigenvalue weighted by Crippen LogP contribution is 2.25. The molecule has 0 aliphatic carbocycles. The molecule has 1 aromatic heterocycles. The van der Waals surface area contributed by atoms with Crippen LogP contribution in [0.25, 0.3) is 0 Å². The number of aryl methyl sites for hydroxylation is 1. The molecule has 19 heavy (non-hydrogen) atoms. The van der Waals surface area contributed by atoms with Gasteiger partial charge in [0.25, 0.3) is 0 Å². The minimum atomic E-state index is 0.682. The summed E-state index contributed by atoms with van der Waals surface area (Å²) in [6.07, 6.45) is 2.48. The Kier molecular flexibility index (Phi) is 5.06. The quantitative estimate of drug-likeness (QED) is 0.799. The van der Waals surface area contributed by atoms with Crippen LogP contribution < -0.4 is 5.32 Å². The lowest BCUT2D eigenvalue weighted by Gasteiger charge is -2.19. The summed E-state index contributed by atoms with van der Waals surface area (Å²) in [4.78, 5) is 2.53. The van der Waals surface area contributed by atoms with E-state index >= 15 is 0 Å². The topological polar surface area (TPSA) is 28.4 Å². The number of rotatable bonds is 6. The lowest BCUT2D eigenvalue weighted by atomic mass is 10.1. The fraction of sp³-hybridized carbons (Fsp3) is 0.750. The summed E-state index contributed by atoms with van der Waals surface area (Å²) in [5.41, 5.74) is 1.31. The third-order valence-electron chi connectivity index (χ3n) is 4.09. The SMILES string of the molecule is CCCNCc1cc(CN2CC(C)CC2C)oc1C. The van der Waals surface area contributed by atoms with Crippen LogP contribution in [0.1, 0.15) is 50.7 Å². The summed E-state index contributed by atoms with van der Waals surface area (Å²) >= 11 is 0. The van der Waals surface area contributed by atoms with Crippen LogP contribution in [0.15, 0.2) is 10.5 Å². The van der Waals surface area contributed by atoms with Crippen molar-refractivity contribution in [2.75, 3.05) is 13.1 Å². The molecule has 0 radical (unpaired) electrons. The first-order valence-corrected chi connectivity index (χ1v) is 7.63. The first-order chi connectivity index (χ1) is 9.10. The molecule has 0 saturated carbocycles. The van der Waals surface area contributed by atoms with Crippen molar-refractivity contribution in [3.05, 3.63) is 23.2 Å². The molecule has 1 saturated heterocycles. The lowest BCUT2D eigenvalue weighted by Crippen LogP contribution is -2.26. The molecule has 1 fully saturated rings.